The lowest BCUT2D eigenvalue weighted by Crippen LogP contribution is -2.41. The van der Waals surface area contributed by atoms with Crippen molar-refractivity contribution < 1.29 is 0 Å². The summed E-state index contributed by atoms with van der Waals surface area (Å²) in [6, 6.07) is 11.5. The molecule has 2 rings (SSSR count). The van der Waals surface area contributed by atoms with E-state index in [4.69, 9.17) is 0 Å². The van der Waals surface area contributed by atoms with Gasteiger partial charge >= 0.3 is 0 Å². The standard InChI is InChI=1S/C21H34N6/c1-17(2)26(18(3)4)14-6-12-23-21(22-5)24-16-19-8-10-20(11-9-19)27-15-7-13-25-27/h7-11,13,15,17-18H,6,12,14,16H2,1-5H3,(H2,22,23,24). The van der Waals surface area contributed by atoms with Gasteiger partial charge in [-0.3, -0.25) is 9.89 Å². The zero-order valence-electron chi connectivity index (χ0n) is 17.3. The average molecular weight is 371 g/mol. The Bertz CT molecular complexity index is 665. The number of nitrogens with zero attached hydrogens (tertiary/aromatic N) is 4. The van der Waals surface area contributed by atoms with E-state index in [1.807, 2.05) is 24.0 Å². The second kappa shape index (κ2) is 10.7. The molecule has 148 valence electrons. The average Bonchev–Trinajstić information content (AvgIpc) is 3.18. The van der Waals surface area contributed by atoms with Gasteiger partial charge in [0.05, 0.1) is 5.69 Å². The van der Waals surface area contributed by atoms with Gasteiger partial charge in [0.15, 0.2) is 5.96 Å². The largest absolute Gasteiger partial charge is 0.356 e. The molecule has 6 nitrogen and oxygen atoms in total. The molecule has 0 unspecified atom stereocenters. The van der Waals surface area contributed by atoms with Crippen molar-refractivity contribution in [3.8, 4) is 5.69 Å². The van der Waals surface area contributed by atoms with Crippen LogP contribution in [0.5, 0.6) is 0 Å². The molecule has 6 heteroatoms. The molecule has 0 bridgehead atoms. The van der Waals surface area contributed by atoms with Gasteiger partial charge in [-0.2, -0.15) is 5.10 Å². The fraction of sp³-hybridized carbons (Fsp3) is 0.524. The molecule has 0 aliphatic heterocycles. The summed E-state index contributed by atoms with van der Waals surface area (Å²) in [7, 11) is 1.81. The van der Waals surface area contributed by atoms with E-state index < -0.39 is 0 Å². The van der Waals surface area contributed by atoms with Crippen LogP contribution in [0.25, 0.3) is 5.69 Å². The fourth-order valence-electron chi connectivity index (χ4n) is 3.18. The molecule has 0 radical (unpaired) electrons. The summed E-state index contributed by atoms with van der Waals surface area (Å²) in [5, 5.41) is 11.0. The van der Waals surface area contributed by atoms with Gasteiger partial charge < -0.3 is 10.6 Å². The van der Waals surface area contributed by atoms with Crippen LogP contribution in [-0.4, -0.2) is 52.9 Å². The van der Waals surface area contributed by atoms with E-state index in [2.05, 4.69) is 77.6 Å². The topological polar surface area (TPSA) is 57.5 Å². The van der Waals surface area contributed by atoms with Gasteiger partial charge in [0.1, 0.15) is 0 Å². The number of rotatable bonds is 9. The van der Waals surface area contributed by atoms with E-state index in [1.54, 1.807) is 6.20 Å². The third-order valence-electron chi connectivity index (χ3n) is 4.60. The summed E-state index contributed by atoms with van der Waals surface area (Å²) in [5.41, 5.74) is 2.27. The lowest BCUT2D eigenvalue weighted by molar-refractivity contribution is 0.173. The number of guanidine groups is 1. The first-order valence-electron chi connectivity index (χ1n) is 9.80. The highest BCUT2D eigenvalue weighted by Gasteiger charge is 2.12. The first-order chi connectivity index (χ1) is 13.0. The molecule has 0 amide bonds. The Balaban J connectivity index is 1.74. The third kappa shape index (κ3) is 6.71. The van der Waals surface area contributed by atoms with Crippen molar-refractivity contribution in [2.45, 2.75) is 52.7 Å². The molecule has 0 atom stereocenters. The van der Waals surface area contributed by atoms with Gasteiger partial charge in [-0.25, -0.2) is 4.68 Å². The van der Waals surface area contributed by atoms with Crippen molar-refractivity contribution in [1.82, 2.24) is 25.3 Å². The molecular formula is C21H34N6. The van der Waals surface area contributed by atoms with Crippen molar-refractivity contribution >= 4 is 5.96 Å². The van der Waals surface area contributed by atoms with Crippen molar-refractivity contribution in [3.05, 3.63) is 48.3 Å². The second-order valence-electron chi connectivity index (χ2n) is 7.25. The molecule has 0 aliphatic rings. The van der Waals surface area contributed by atoms with Crippen LogP contribution < -0.4 is 10.6 Å². The SMILES string of the molecule is CN=C(NCCCN(C(C)C)C(C)C)NCc1ccc(-n2cccn2)cc1. The van der Waals surface area contributed by atoms with Crippen LogP contribution in [-0.2, 0) is 6.54 Å². The van der Waals surface area contributed by atoms with Crippen LogP contribution >= 0.6 is 0 Å². The van der Waals surface area contributed by atoms with E-state index in [9.17, 15) is 0 Å². The van der Waals surface area contributed by atoms with Crippen molar-refractivity contribution in [2.75, 3.05) is 20.1 Å². The van der Waals surface area contributed by atoms with Gasteiger partial charge in [0, 0.05) is 51.2 Å². The van der Waals surface area contributed by atoms with Crippen molar-refractivity contribution in [2.24, 2.45) is 4.99 Å². The minimum absolute atomic E-state index is 0.576. The molecule has 0 spiro atoms. The summed E-state index contributed by atoms with van der Waals surface area (Å²) >= 11 is 0. The van der Waals surface area contributed by atoms with Gasteiger partial charge in [0.25, 0.3) is 0 Å². The number of hydrogen-bond acceptors (Lipinski definition) is 3. The first kappa shape index (κ1) is 21.0. The van der Waals surface area contributed by atoms with Crippen molar-refractivity contribution in [1.29, 1.82) is 0 Å². The molecular weight excluding hydrogens is 336 g/mol. The molecule has 0 aliphatic carbocycles. The van der Waals surface area contributed by atoms with Gasteiger partial charge in [-0.15, -0.1) is 0 Å². The van der Waals surface area contributed by atoms with E-state index in [0.29, 0.717) is 12.1 Å². The summed E-state index contributed by atoms with van der Waals surface area (Å²) < 4.78 is 1.86. The lowest BCUT2D eigenvalue weighted by atomic mass is 10.2. The highest BCUT2D eigenvalue weighted by Crippen LogP contribution is 2.08. The molecule has 0 saturated carbocycles. The van der Waals surface area contributed by atoms with E-state index in [1.165, 1.54) is 5.56 Å². The van der Waals surface area contributed by atoms with Crippen molar-refractivity contribution in [3.63, 3.8) is 0 Å². The maximum absolute atomic E-state index is 4.31. The molecule has 0 saturated heterocycles. The highest BCUT2D eigenvalue weighted by atomic mass is 15.3. The lowest BCUT2D eigenvalue weighted by Gasteiger charge is -2.30. The van der Waals surface area contributed by atoms with Gasteiger partial charge in [-0.05, 0) is 57.9 Å². The number of nitrogens with one attached hydrogen (secondary N) is 2. The summed E-state index contributed by atoms with van der Waals surface area (Å²) in [4.78, 5) is 6.83. The Morgan fingerprint density at radius 1 is 1.11 bits per heavy atom. The summed E-state index contributed by atoms with van der Waals surface area (Å²) in [6.07, 6.45) is 4.82. The monoisotopic (exact) mass is 370 g/mol. The normalized spacial score (nSPS) is 12.2. The molecule has 1 aromatic heterocycles. The molecule has 0 fully saturated rings. The predicted octanol–water partition coefficient (Wildman–Crippen LogP) is 3.05. The zero-order valence-corrected chi connectivity index (χ0v) is 17.3. The van der Waals surface area contributed by atoms with Crippen LogP contribution in [0.3, 0.4) is 0 Å². The number of aliphatic imine (C=N–C) groups is 1. The Morgan fingerprint density at radius 3 is 2.37 bits per heavy atom. The van der Waals surface area contributed by atoms with E-state index >= 15 is 0 Å². The van der Waals surface area contributed by atoms with Gasteiger partial charge in [0.2, 0.25) is 0 Å². The smallest absolute Gasteiger partial charge is 0.191 e. The van der Waals surface area contributed by atoms with Gasteiger partial charge in [-0.1, -0.05) is 12.1 Å². The fourth-order valence-corrected chi connectivity index (χ4v) is 3.18. The number of aromatic nitrogens is 2. The molecule has 2 N–H and O–H groups in total. The second-order valence-corrected chi connectivity index (χ2v) is 7.25. The molecule has 2 aromatic rings. The van der Waals surface area contributed by atoms with E-state index in [0.717, 1.165) is 37.7 Å². The Kier molecular flexibility index (Phi) is 8.33. The quantitative estimate of drug-likeness (QED) is 0.405. The number of hydrogen-bond donors (Lipinski definition) is 2. The van der Waals surface area contributed by atoms with Crippen LogP contribution in [0.2, 0.25) is 0 Å². The van der Waals surface area contributed by atoms with E-state index in [-0.39, 0.29) is 0 Å². The maximum atomic E-state index is 4.31. The third-order valence-corrected chi connectivity index (χ3v) is 4.60. The molecule has 1 aromatic carbocycles. The maximum Gasteiger partial charge on any atom is 0.191 e. The number of benzene rings is 1. The minimum atomic E-state index is 0.576. The van der Waals surface area contributed by atoms with Crippen LogP contribution in [0.1, 0.15) is 39.7 Å². The van der Waals surface area contributed by atoms with Crippen LogP contribution in [0.4, 0.5) is 0 Å². The molecule has 1 heterocycles. The minimum Gasteiger partial charge on any atom is -0.356 e. The Labute approximate surface area is 163 Å². The highest BCUT2D eigenvalue weighted by molar-refractivity contribution is 5.79. The zero-order chi connectivity index (χ0) is 19.6. The predicted molar refractivity (Wildman–Crippen MR) is 113 cm³/mol. The Morgan fingerprint density at radius 2 is 1.81 bits per heavy atom. The Hall–Kier alpha value is -2.34. The summed E-state index contributed by atoms with van der Waals surface area (Å²) in [5.74, 6) is 0.840. The summed E-state index contributed by atoms with van der Waals surface area (Å²) in [6.45, 7) is 11.8. The van der Waals surface area contributed by atoms with Crippen LogP contribution in [0, 0.1) is 0 Å². The molecule has 27 heavy (non-hydrogen) atoms. The first-order valence-corrected chi connectivity index (χ1v) is 9.80. The van der Waals surface area contributed by atoms with Crippen LogP contribution in [0.15, 0.2) is 47.7 Å².